The summed E-state index contributed by atoms with van der Waals surface area (Å²) in [5.74, 6) is 0.0111. The van der Waals surface area contributed by atoms with Crippen molar-refractivity contribution in [2.45, 2.75) is 13.8 Å². The van der Waals surface area contributed by atoms with E-state index in [1.807, 2.05) is 55.5 Å². The first-order valence-electron chi connectivity index (χ1n) is 6.46. The quantitative estimate of drug-likeness (QED) is 0.620. The van der Waals surface area contributed by atoms with Gasteiger partial charge in [0, 0.05) is 28.6 Å². The molecule has 1 heterocycles. The van der Waals surface area contributed by atoms with Crippen LogP contribution in [0.25, 0.3) is 22.0 Å². The molecular weight excluding hydrogens is 270 g/mol. The van der Waals surface area contributed by atoms with Crippen molar-refractivity contribution in [3.63, 3.8) is 0 Å². The molecule has 2 nitrogen and oxygen atoms in total. The lowest BCUT2D eigenvalue weighted by Gasteiger charge is -2.04. The minimum Gasteiger partial charge on any atom is -0.284 e. The van der Waals surface area contributed by atoms with Crippen LogP contribution in [-0.2, 0) is 0 Å². The number of benzene rings is 2. The third-order valence-corrected chi connectivity index (χ3v) is 3.78. The largest absolute Gasteiger partial charge is 0.284 e. The van der Waals surface area contributed by atoms with Gasteiger partial charge in [0.05, 0.1) is 5.52 Å². The maximum absolute atomic E-state index is 11.9. The summed E-state index contributed by atoms with van der Waals surface area (Å²) in [6.45, 7) is 3.55. The van der Waals surface area contributed by atoms with E-state index < -0.39 is 0 Å². The van der Waals surface area contributed by atoms with Gasteiger partial charge in [0.1, 0.15) is 0 Å². The van der Waals surface area contributed by atoms with Gasteiger partial charge in [-0.3, -0.25) is 9.36 Å². The van der Waals surface area contributed by atoms with Crippen LogP contribution in [0.1, 0.15) is 17.4 Å². The zero-order valence-corrected chi connectivity index (χ0v) is 12.1. The molecular formula is C17H14ClNO. The minimum absolute atomic E-state index is 0.0111. The third kappa shape index (κ3) is 1.93. The van der Waals surface area contributed by atoms with Gasteiger partial charge in [0.25, 0.3) is 0 Å². The number of rotatable bonds is 1. The molecule has 0 unspecified atom stereocenters. The van der Waals surface area contributed by atoms with Crippen molar-refractivity contribution in [3.05, 3.63) is 59.2 Å². The van der Waals surface area contributed by atoms with Gasteiger partial charge in [-0.05, 0) is 30.7 Å². The Morgan fingerprint density at radius 1 is 1.10 bits per heavy atom. The number of hydrogen-bond acceptors (Lipinski definition) is 1. The molecule has 0 fully saturated rings. The molecule has 0 saturated carbocycles. The average Bonchev–Trinajstić information content (AvgIpc) is 2.71. The number of fused-ring (bicyclic) bond motifs is 1. The van der Waals surface area contributed by atoms with Crippen LogP contribution in [0.2, 0.25) is 5.02 Å². The van der Waals surface area contributed by atoms with Crippen LogP contribution in [0, 0.1) is 6.92 Å². The van der Waals surface area contributed by atoms with Crippen molar-refractivity contribution in [1.82, 2.24) is 4.57 Å². The van der Waals surface area contributed by atoms with E-state index in [1.54, 1.807) is 11.5 Å². The van der Waals surface area contributed by atoms with Gasteiger partial charge in [-0.25, -0.2) is 0 Å². The molecule has 0 aliphatic rings. The normalized spacial score (nSPS) is 10.9. The van der Waals surface area contributed by atoms with E-state index in [1.165, 1.54) is 0 Å². The Labute approximate surface area is 122 Å². The van der Waals surface area contributed by atoms with E-state index in [9.17, 15) is 4.79 Å². The standard InChI is InChI=1S/C17H14ClNO/c1-11-17(13-6-4-3-5-7-13)15-10-14(18)8-9-16(15)19(11)12(2)20/h3-10H,1-2H3. The molecule has 0 bridgehead atoms. The van der Waals surface area contributed by atoms with Gasteiger partial charge in [-0.15, -0.1) is 0 Å². The number of halogens is 1. The number of aromatic nitrogens is 1. The van der Waals surface area contributed by atoms with E-state index in [0.29, 0.717) is 5.02 Å². The van der Waals surface area contributed by atoms with Gasteiger partial charge < -0.3 is 0 Å². The molecule has 1 aromatic heterocycles. The monoisotopic (exact) mass is 283 g/mol. The molecule has 0 amide bonds. The van der Waals surface area contributed by atoms with E-state index >= 15 is 0 Å². The summed E-state index contributed by atoms with van der Waals surface area (Å²) >= 11 is 6.13. The maximum atomic E-state index is 11.9. The molecule has 2 aromatic carbocycles. The van der Waals surface area contributed by atoms with Crippen LogP contribution >= 0.6 is 11.6 Å². The second-order valence-electron chi connectivity index (χ2n) is 4.84. The zero-order chi connectivity index (χ0) is 14.3. The number of carbonyl (C=O) groups excluding carboxylic acids is 1. The average molecular weight is 284 g/mol. The molecule has 0 saturated heterocycles. The van der Waals surface area contributed by atoms with Crippen molar-refractivity contribution >= 4 is 28.4 Å². The number of carbonyl (C=O) groups is 1. The van der Waals surface area contributed by atoms with E-state index in [2.05, 4.69) is 0 Å². The zero-order valence-electron chi connectivity index (χ0n) is 11.4. The van der Waals surface area contributed by atoms with Gasteiger partial charge in [0.2, 0.25) is 5.91 Å². The lowest BCUT2D eigenvalue weighted by atomic mass is 10.0. The minimum atomic E-state index is 0.0111. The van der Waals surface area contributed by atoms with Gasteiger partial charge in [-0.1, -0.05) is 41.9 Å². The first kappa shape index (κ1) is 12.9. The van der Waals surface area contributed by atoms with Crippen molar-refractivity contribution < 1.29 is 4.79 Å². The number of nitrogens with zero attached hydrogens (tertiary/aromatic N) is 1. The van der Waals surface area contributed by atoms with Crippen LogP contribution in [0.3, 0.4) is 0 Å². The van der Waals surface area contributed by atoms with Crippen molar-refractivity contribution in [3.8, 4) is 11.1 Å². The first-order chi connectivity index (χ1) is 9.59. The van der Waals surface area contributed by atoms with E-state index in [-0.39, 0.29) is 5.91 Å². The molecule has 3 aromatic rings. The molecule has 0 spiro atoms. The maximum Gasteiger partial charge on any atom is 0.228 e. The molecule has 0 radical (unpaired) electrons. The molecule has 0 aliphatic carbocycles. The van der Waals surface area contributed by atoms with Crippen LogP contribution in [0.4, 0.5) is 0 Å². The van der Waals surface area contributed by atoms with E-state index in [4.69, 9.17) is 11.6 Å². The lowest BCUT2D eigenvalue weighted by molar-refractivity contribution is 0.0940. The fraction of sp³-hybridized carbons (Fsp3) is 0.118. The number of hydrogen-bond donors (Lipinski definition) is 0. The van der Waals surface area contributed by atoms with Crippen LogP contribution in [0.5, 0.6) is 0 Å². The first-order valence-corrected chi connectivity index (χ1v) is 6.84. The highest BCUT2D eigenvalue weighted by molar-refractivity contribution is 6.31. The van der Waals surface area contributed by atoms with Crippen LogP contribution in [-0.4, -0.2) is 10.5 Å². The fourth-order valence-corrected chi connectivity index (χ4v) is 2.94. The van der Waals surface area contributed by atoms with E-state index in [0.717, 1.165) is 27.7 Å². The van der Waals surface area contributed by atoms with Gasteiger partial charge >= 0.3 is 0 Å². The smallest absolute Gasteiger partial charge is 0.228 e. The second-order valence-corrected chi connectivity index (χ2v) is 5.28. The Balaban J connectivity index is 2.45. The summed E-state index contributed by atoms with van der Waals surface area (Å²) in [6, 6.07) is 15.7. The van der Waals surface area contributed by atoms with Gasteiger partial charge in [0.15, 0.2) is 0 Å². The summed E-state index contributed by atoms with van der Waals surface area (Å²) < 4.78 is 1.74. The Bertz CT molecular complexity index is 803. The molecule has 100 valence electrons. The molecule has 0 N–H and O–H groups in total. The topological polar surface area (TPSA) is 22.0 Å². The van der Waals surface area contributed by atoms with Crippen LogP contribution < -0.4 is 0 Å². The van der Waals surface area contributed by atoms with Crippen molar-refractivity contribution in [1.29, 1.82) is 0 Å². The Kier molecular flexibility index (Phi) is 3.11. The van der Waals surface area contributed by atoms with Crippen molar-refractivity contribution in [2.75, 3.05) is 0 Å². The van der Waals surface area contributed by atoms with Crippen molar-refractivity contribution in [2.24, 2.45) is 0 Å². The third-order valence-electron chi connectivity index (χ3n) is 3.54. The predicted molar refractivity (Wildman–Crippen MR) is 83.4 cm³/mol. The summed E-state index contributed by atoms with van der Waals surface area (Å²) in [4.78, 5) is 11.9. The highest BCUT2D eigenvalue weighted by Crippen LogP contribution is 2.35. The van der Waals surface area contributed by atoms with Crippen LogP contribution in [0.15, 0.2) is 48.5 Å². The molecule has 0 aliphatic heterocycles. The summed E-state index contributed by atoms with van der Waals surface area (Å²) in [5.41, 5.74) is 4.01. The predicted octanol–water partition coefficient (Wildman–Crippen LogP) is 4.93. The highest BCUT2D eigenvalue weighted by atomic mass is 35.5. The summed E-state index contributed by atoms with van der Waals surface area (Å²) in [7, 11) is 0. The highest BCUT2D eigenvalue weighted by Gasteiger charge is 2.17. The SMILES string of the molecule is CC(=O)n1c(C)c(-c2ccccc2)c2cc(Cl)ccc21. The lowest BCUT2D eigenvalue weighted by Crippen LogP contribution is -2.06. The molecule has 0 atom stereocenters. The Morgan fingerprint density at radius 2 is 1.80 bits per heavy atom. The fourth-order valence-electron chi connectivity index (χ4n) is 2.77. The Morgan fingerprint density at radius 3 is 2.45 bits per heavy atom. The summed E-state index contributed by atoms with van der Waals surface area (Å²) in [5, 5.41) is 1.69. The second kappa shape index (κ2) is 4.80. The molecule has 20 heavy (non-hydrogen) atoms. The van der Waals surface area contributed by atoms with Gasteiger partial charge in [-0.2, -0.15) is 0 Å². The summed E-state index contributed by atoms with van der Waals surface area (Å²) in [6.07, 6.45) is 0. The molecule has 3 rings (SSSR count). The molecule has 3 heteroatoms. The Hall–Kier alpha value is -2.06.